The van der Waals surface area contributed by atoms with E-state index in [1.165, 1.54) is 0 Å². The SMILES string of the molecule is CNC1COCC1C(=O)Nc1ccc(Br)c2ccccc12. The molecule has 1 saturated heterocycles. The third kappa shape index (κ3) is 2.81. The van der Waals surface area contributed by atoms with Crippen LogP contribution in [0.5, 0.6) is 0 Å². The van der Waals surface area contributed by atoms with Gasteiger partial charge in [0, 0.05) is 21.6 Å². The van der Waals surface area contributed by atoms with Crippen LogP contribution in [0.4, 0.5) is 5.69 Å². The van der Waals surface area contributed by atoms with Gasteiger partial charge < -0.3 is 15.4 Å². The van der Waals surface area contributed by atoms with Crippen LogP contribution in [0.2, 0.25) is 0 Å². The van der Waals surface area contributed by atoms with Crippen molar-refractivity contribution in [3.05, 3.63) is 40.9 Å². The van der Waals surface area contributed by atoms with Gasteiger partial charge in [-0.1, -0.05) is 40.2 Å². The van der Waals surface area contributed by atoms with Crippen molar-refractivity contribution in [1.82, 2.24) is 5.32 Å². The molecule has 3 rings (SSSR count). The Morgan fingerprint density at radius 3 is 2.71 bits per heavy atom. The number of nitrogens with one attached hydrogen (secondary N) is 2. The number of anilines is 1. The molecule has 5 heteroatoms. The molecule has 0 spiro atoms. The van der Waals surface area contributed by atoms with Crippen molar-refractivity contribution in [3.8, 4) is 0 Å². The van der Waals surface area contributed by atoms with Crippen LogP contribution < -0.4 is 10.6 Å². The molecule has 21 heavy (non-hydrogen) atoms. The van der Waals surface area contributed by atoms with E-state index in [1.54, 1.807) is 0 Å². The Kier molecular flexibility index (Phi) is 4.24. The van der Waals surface area contributed by atoms with Crippen LogP contribution in [0.25, 0.3) is 10.8 Å². The molecule has 2 aromatic carbocycles. The average molecular weight is 349 g/mol. The molecule has 0 bridgehead atoms. The Morgan fingerprint density at radius 1 is 1.19 bits per heavy atom. The molecule has 110 valence electrons. The summed E-state index contributed by atoms with van der Waals surface area (Å²) in [5.41, 5.74) is 0.834. The fourth-order valence-electron chi connectivity index (χ4n) is 2.69. The summed E-state index contributed by atoms with van der Waals surface area (Å²) in [5, 5.41) is 8.29. The van der Waals surface area contributed by atoms with Crippen LogP contribution in [-0.4, -0.2) is 32.2 Å². The lowest BCUT2D eigenvalue weighted by Crippen LogP contribution is -2.39. The fraction of sp³-hybridized carbons (Fsp3) is 0.312. The summed E-state index contributed by atoms with van der Waals surface area (Å²) < 4.78 is 6.42. The third-order valence-electron chi connectivity index (χ3n) is 3.92. The van der Waals surface area contributed by atoms with Crippen LogP contribution >= 0.6 is 15.9 Å². The number of hydrogen-bond acceptors (Lipinski definition) is 3. The van der Waals surface area contributed by atoms with Crippen LogP contribution in [0.15, 0.2) is 40.9 Å². The van der Waals surface area contributed by atoms with Crippen molar-refractivity contribution in [2.24, 2.45) is 5.92 Å². The van der Waals surface area contributed by atoms with Gasteiger partial charge in [-0.2, -0.15) is 0 Å². The van der Waals surface area contributed by atoms with Gasteiger partial charge in [0.25, 0.3) is 0 Å². The first-order valence-corrected chi connectivity index (χ1v) is 7.73. The summed E-state index contributed by atoms with van der Waals surface area (Å²) in [5.74, 6) is -0.156. The zero-order valence-electron chi connectivity index (χ0n) is 11.7. The lowest BCUT2D eigenvalue weighted by Gasteiger charge is -2.17. The normalized spacial score (nSPS) is 21.6. The molecule has 1 amide bonds. The monoisotopic (exact) mass is 348 g/mol. The second kappa shape index (κ2) is 6.13. The second-order valence-corrected chi connectivity index (χ2v) is 6.02. The van der Waals surface area contributed by atoms with Crippen LogP contribution in [0, 0.1) is 5.92 Å². The zero-order chi connectivity index (χ0) is 14.8. The van der Waals surface area contributed by atoms with Crippen molar-refractivity contribution in [3.63, 3.8) is 0 Å². The molecule has 0 aliphatic carbocycles. The summed E-state index contributed by atoms with van der Waals surface area (Å²) in [6.45, 7) is 1.04. The molecule has 0 saturated carbocycles. The first kappa shape index (κ1) is 14.5. The van der Waals surface area contributed by atoms with Gasteiger partial charge in [-0.15, -0.1) is 0 Å². The molecular formula is C16H17BrN2O2. The van der Waals surface area contributed by atoms with E-state index in [1.807, 2.05) is 43.4 Å². The molecule has 2 aromatic rings. The molecule has 1 aliphatic rings. The molecule has 1 aliphatic heterocycles. The highest BCUT2D eigenvalue weighted by Gasteiger charge is 2.33. The maximum absolute atomic E-state index is 12.5. The number of carbonyl (C=O) groups excluding carboxylic acids is 1. The van der Waals surface area contributed by atoms with E-state index in [9.17, 15) is 4.79 Å². The Balaban J connectivity index is 1.88. The zero-order valence-corrected chi connectivity index (χ0v) is 13.3. The number of hydrogen-bond donors (Lipinski definition) is 2. The predicted octanol–water partition coefficient (Wildman–Crippen LogP) is 2.78. The van der Waals surface area contributed by atoms with E-state index in [2.05, 4.69) is 26.6 Å². The minimum Gasteiger partial charge on any atom is -0.379 e. The van der Waals surface area contributed by atoms with Crippen LogP contribution in [0.3, 0.4) is 0 Å². The van der Waals surface area contributed by atoms with Crippen LogP contribution in [-0.2, 0) is 9.53 Å². The van der Waals surface area contributed by atoms with Crippen molar-refractivity contribution >= 4 is 38.3 Å². The molecule has 0 aromatic heterocycles. The van der Waals surface area contributed by atoms with Gasteiger partial charge in [-0.05, 0) is 24.6 Å². The minimum absolute atomic E-state index is 0.000625. The number of carbonyl (C=O) groups is 1. The number of amides is 1. The standard InChI is InChI=1S/C16H17BrN2O2/c1-18-15-9-21-8-12(15)16(20)19-14-7-6-13(17)10-4-2-3-5-11(10)14/h2-7,12,15,18H,8-9H2,1H3,(H,19,20). The molecule has 1 heterocycles. The molecular weight excluding hydrogens is 332 g/mol. The summed E-state index contributed by atoms with van der Waals surface area (Å²) in [6.07, 6.45) is 0. The van der Waals surface area contributed by atoms with Gasteiger partial charge in [0.1, 0.15) is 0 Å². The first-order chi connectivity index (χ1) is 10.2. The quantitative estimate of drug-likeness (QED) is 0.896. The Bertz CT molecular complexity index is 674. The largest absolute Gasteiger partial charge is 0.379 e. The van der Waals surface area contributed by atoms with Crippen molar-refractivity contribution in [2.45, 2.75) is 6.04 Å². The lowest BCUT2D eigenvalue weighted by molar-refractivity contribution is -0.120. The first-order valence-electron chi connectivity index (χ1n) is 6.94. The Labute approximate surface area is 132 Å². The minimum atomic E-state index is -0.155. The van der Waals surface area contributed by atoms with Crippen molar-refractivity contribution in [1.29, 1.82) is 0 Å². The summed E-state index contributed by atoms with van der Waals surface area (Å²) in [6, 6.07) is 12.0. The molecule has 0 radical (unpaired) electrons. The summed E-state index contributed by atoms with van der Waals surface area (Å²) in [7, 11) is 1.86. The number of ether oxygens (including phenoxy) is 1. The smallest absolute Gasteiger partial charge is 0.231 e. The summed E-state index contributed by atoms with van der Waals surface area (Å²) >= 11 is 3.54. The lowest BCUT2D eigenvalue weighted by atomic mass is 10.0. The highest BCUT2D eigenvalue weighted by atomic mass is 79.9. The van der Waals surface area contributed by atoms with E-state index < -0.39 is 0 Å². The topological polar surface area (TPSA) is 50.4 Å². The van der Waals surface area contributed by atoms with Crippen molar-refractivity contribution < 1.29 is 9.53 Å². The van der Waals surface area contributed by atoms with Crippen LogP contribution in [0.1, 0.15) is 0 Å². The number of likely N-dealkylation sites (N-methyl/N-ethyl adjacent to an activating group) is 1. The molecule has 1 fully saturated rings. The predicted molar refractivity (Wildman–Crippen MR) is 87.4 cm³/mol. The highest BCUT2D eigenvalue weighted by molar-refractivity contribution is 9.10. The maximum Gasteiger partial charge on any atom is 0.231 e. The van der Waals surface area contributed by atoms with Gasteiger partial charge in [-0.25, -0.2) is 0 Å². The number of benzene rings is 2. The van der Waals surface area contributed by atoms with E-state index in [0.29, 0.717) is 13.2 Å². The van der Waals surface area contributed by atoms with E-state index in [-0.39, 0.29) is 17.9 Å². The number of fused-ring (bicyclic) bond motifs is 1. The maximum atomic E-state index is 12.5. The fourth-order valence-corrected chi connectivity index (χ4v) is 3.17. The van der Waals surface area contributed by atoms with Gasteiger partial charge in [0.15, 0.2) is 0 Å². The van der Waals surface area contributed by atoms with Gasteiger partial charge in [-0.3, -0.25) is 4.79 Å². The van der Waals surface area contributed by atoms with E-state index in [4.69, 9.17) is 4.74 Å². The van der Waals surface area contributed by atoms with E-state index in [0.717, 1.165) is 20.9 Å². The number of halogens is 1. The highest BCUT2D eigenvalue weighted by Crippen LogP contribution is 2.30. The molecule has 2 unspecified atom stereocenters. The molecule has 4 nitrogen and oxygen atoms in total. The van der Waals surface area contributed by atoms with E-state index >= 15 is 0 Å². The van der Waals surface area contributed by atoms with Crippen molar-refractivity contribution in [2.75, 3.05) is 25.6 Å². The summed E-state index contributed by atoms with van der Waals surface area (Å²) in [4.78, 5) is 12.5. The number of rotatable bonds is 3. The molecule has 2 N–H and O–H groups in total. The second-order valence-electron chi connectivity index (χ2n) is 5.17. The van der Waals surface area contributed by atoms with Gasteiger partial charge in [0.05, 0.1) is 19.1 Å². The Morgan fingerprint density at radius 2 is 1.95 bits per heavy atom. The van der Waals surface area contributed by atoms with Gasteiger partial charge >= 0.3 is 0 Å². The molecule has 2 atom stereocenters. The average Bonchev–Trinajstić information content (AvgIpc) is 2.99. The van der Waals surface area contributed by atoms with Gasteiger partial charge in [0.2, 0.25) is 5.91 Å². The third-order valence-corrected chi connectivity index (χ3v) is 4.61. The Hall–Kier alpha value is -1.43.